The number of carbonyl (C=O) groups excluding carboxylic acids is 2. The van der Waals surface area contributed by atoms with Crippen LogP contribution in [-0.2, 0) is 17.8 Å². The number of rotatable bonds is 7. The van der Waals surface area contributed by atoms with E-state index in [0.717, 1.165) is 75.4 Å². The Morgan fingerprint density at radius 1 is 0.974 bits per heavy atom. The number of Topliss-reactive ketones (excluding diaryl/α,β-unsaturated/α-hetero) is 1. The number of hydrogen-bond donors (Lipinski definition) is 1. The molecule has 6 rings (SSSR count). The van der Waals surface area contributed by atoms with Crippen LogP contribution in [-0.4, -0.2) is 21.4 Å². The Labute approximate surface area is 221 Å². The van der Waals surface area contributed by atoms with Crippen LogP contribution in [0.15, 0.2) is 65.2 Å². The summed E-state index contributed by atoms with van der Waals surface area (Å²) in [5.41, 5.74) is 12.9. The fourth-order valence-corrected chi connectivity index (χ4v) is 6.14. The number of ketones is 1. The van der Waals surface area contributed by atoms with Crippen LogP contribution in [0.4, 0.5) is 0 Å². The number of primary amides is 1. The number of hydrogen-bond acceptors (Lipinski definition) is 4. The van der Waals surface area contributed by atoms with Crippen molar-refractivity contribution in [3.63, 3.8) is 0 Å². The monoisotopic (exact) mass is 505 g/mol. The smallest absolute Gasteiger partial charge is 0.249 e. The molecule has 38 heavy (non-hydrogen) atoms. The van der Waals surface area contributed by atoms with Crippen LogP contribution >= 0.6 is 0 Å². The molecule has 2 aromatic heterocycles. The second-order valence-corrected chi connectivity index (χ2v) is 10.5. The summed E-state index contributed by atoms with van der Waals surface area (Å²) in [6.07, 6.45) is 4.67. The SMILES string of the molecule is Cc1noc(C)c1-c1cc(C(N)=O)c2c3cc(CC(=O)C4CCCC4)ccc3n(Cc3ccccc3)c2c1. The predicted molar refractivity (Wildman–Crippen MR) is 149 cm³/mol. The summed E-state index contributed by atoms with van der Waals surface area (Å²) in [6, 6.07) is 20.4. The van der Waals surface area contributed by atoms with Gasteiger partial charge in [-0.05, 0) is 67.6 Å². The lowest BCUT2D eigenvalue weighted by molar-refractivity contribution is -0.122. The van der Waals surface area contributed by atoms with Crippen molar-refractivity contribution in [1.82, 2.24) is 9.72 Å². The predicted octanol–water partition coefficient (Wildman–Crippen LogP) is 6.52. The molecule has 0 spiro atoms. The molecule has 1 amide bonds. The molecule has 2 heterocycles. The van der Waals surface area contributed by atoms with Crippen molar-refractivity contribution in [2.24, 2.45) is 11.7 Å². The van der Waals surface area contributed by atoms with E-state index in [1.807, 2.05) is 38.1 Å². The number of benzene rings is 3. The topological polar surface area (TPSA) is 91.1 Å². The van der Waals surface area contributed by atoms with Gasteiger partial charge in [-0.25, -0.2) is 0 Å². The molecule has 3 aromatic carbocycles. The fraction of sp³-hybridized carbons (Fsp3) is 0.281. The Balaban J connectivity index is 1.58. The summed E-state index contributed by atoms with van der Waals surface area (Å²) < 4.78 is 7.67. The second kappa shape index (κ2) is 9.60. The van der Waals surface area contributed by atoms with Crippen LogP contribution in [0, 0.1) is 19.8 Å². The van der Waals surface area contributed by atoms with Crippen LogP contribution < -0.4 is 5.73 Å². The average Bonchev–Trinajstić information content (AvgIpc) is 3.63. The summed E-state index contributed by atoms with van der Waals surface area (Å²) in [5, 5.41) is 5.87. The molecule has 2 N–H and O–H groups in total. The van der Waals surface area contributed by atoms with Gasteiger partial charge in [0.2, 0.25) is 5.91 Å². The van der Waals surface area contributed by atoms with E-state index in [0.29, 0.717) is 30.1 Å². The summed E-state index contributed by atoms with van der Waals surface area (Å²) in [6.45, 7) is 4.40. The number of nitrogens with zero attached hydrogens (tertiary/aromatic N) is 2. The van der Waals surface area contributed by atoms with Gasteiger partial charge >= 0.3 is 0 Å². The van der Waals surface area contributed by atoms with E-state index in [4.69, 9.17) is 10.3 Å². The van der Waals surface area contributed by atoms with E-state index in [9.17, 15) is 9.59 Å². The molecule has 0 saturated heterocycles. The van der Waals surface area contributed by atoms with Crippen molar-refractivity contribution >= 4 is 33.5 Å². The van der Waals surface area contributed by atoms with Crippen molar-refractivity contribution in [2.75, 3.05) is 0 Å². The Bertz CT molecular complexity index is 1670. The molecule has 192 valence electrons. The normalized spacial score (nSPS) is 14.1. The molecule has 0 unspecified atom stereocenters. The summed E-state index contributed by atoms with van der Waals surface area (Å²) >= 11 is 0. The maximum absolute atomic E-state index is 13.0. The molecule has 6 nitrogen and oxygen atoms in total. The minimum absolute atomic E-state index is 0.170. The zero-order valence-electron chi connectivity index (χ0n) is 21.8. The quantitative estimate of drug-likeness (QED) is 0.273. The number of carbonyl (C=O) groups is 2. The maximum Gasteiger partial charge on any atom is 0.249 e. The largest absolute Gasteiger partial charge is 0.366 e. The van der Waals surface area contributed by atoms with Crippen LogP contribution in [0.1, 0.15) is 58.6 Å². The fourth-order valence-electron chi connectivity index (χ4n) is 6.14. The van der Waals surface area contributed by atoms with Gasteiger partial charge in [-0.2, -0.15) is 0 Å². The lowest BCUT2D eigenvalue weighted by Crippen LogP contribution is -2.13. The lowest BCUT2D eigenvalue weighted by Gasteiger charge is -2.11. The van der Waals surface area contributed by atoms with Gasteiger partial charge in [0.1, 0.15) is 11.5 Å². The highest BCUT2D eigenvalue weighted by Crippen LogP contribution is 2.38. The van der Waals surface area contributed by atoms with Crippen LogP contribution in [0.3, 0.4) is 0 Å². The number of nitrogens with two attached hydrogens (primary N) is 1. The standard InChI is InChI=1S/C32H31N3O3/c1-19-30(20(2)38-34-19)24-16-26(32(33)37)31-25-14-22(15-29(36)23-10-6-7-11-23)12-13-27(25)35(28(31)17-24)18-21-8-4-3-5-9-21/h3-5,8-9,12-14,16-17,23H,6-7,10-11,15,18H2,1-2H3,(H2,33,37). The summed E-state index contributed by atoms with van der Waals surface area (Å²) in [4.78, 5) is 25.9. The molecule has 6 heteroatoms. The Morgan fingerprint density at radius 2 is 1.74 bits per heavy atom. The number of aryl methyl sites for hydroxylation is 2. The minimum atomic E-state index is -0.491. The van der Waals surface area contributed by atoms with Gasteiger partial charge in [-0.3, -0.25) is 9.59 Å². The molecule has 1 aliphatic rings. The van der Waals surface area contributed by atoms with Crippen LogP contribution in [0.2, 0.25) is 0 Å². The number of amides is 1. The van der Waals surface area contributed by atoms with Gasteiger partial charge in [0.25, 0.3) is 0 Å². The number of fused-ring (bicyclic) bond motifs is 3. The average molecular weight is 506 g/mol. The maximum atomic E-state index is 13.0. The van der Waals surface area contributed by atoms with Gasteiger partial charge in [0, 0.05) is 46.3 Å². The molecule has 0 bridgehead atoms. The van der Waals surface area contributed by atoms with Crippen molar-refractivity contribution in [2.45, 2.75) is 52.5 Å². The summed E-state index contributed by atoms with van der Waals surface area (Å²) in [5.74, 6) is 0.681. The molecular weight excluding hydrogens is 474 g/mol. The molecule has 0 aliphatic heterocycles. The van der Waals surface area contributed by atoms with E-state index in [1.54, 1.807) is 0 Å². The Kier molecular flexibility index (Phi) is 6.10. The highest BCUT2D eigenvalue weighted by molar-refractivity contribution is 6.19. The molecule has 5 aromatic rings. The summed E-state index contributed by atoms with van der Waals surface area (Å²) in [7, 11) is 0. The van der Waals surface area contributed by atoms with Crippen molar-refractivity contribution in [3.05, 3.63) is 88.8 Å². The third-order valence-corrected chi connectivity index (χ3v) is 7.99. The number of aromatic nitrogens is 2. The van der Waals surface area contributed by atoms with Crippen molar-refractivity contribution < 1.29 is 14.1 Å². The van der Waals surface area contributed by atoms with E-state index in [1.165, 1.54) is 0 Å². The van der Waals surface area contributed by atoms with E-state index >= 15 is 0 Å². The first kappa shape index (κ1) is 24.2. The lowest BCUT2D eigenvalue weighted by atomic mass is 9.94. The second-order valence-electron chi connectivity index (χ2n) is 10.5. The van der Waals surface area contributed by atoms with Crippen LogP contribution in [0.5, 0.6) is 0 Å². The van der Waals surface area contributed by atoms with E-state index < -0.39 is 5.91 Å². The van der Waals surface area contributed by atoms with Gasteiger partial charge in [0.15, 0.2) is 0 Å². The molecule has 1 saturated carbocycles. The van der Waals surface area contributed by atoms with Gasteiger partial charge < -0.3 is 14.8 Å². The van der Waals surface area contributed by atoms with Gasteiger partial charge in [0.05, 0.1) is 11.2 Å². The van der Waals surface area contributed by atoms with Gasteiger partial charge in [-0.1, -0.05) is 54.4 Å². The molecule has 0 radical (unpaired) electrons. The Hall–Kier alpha value is -4.19. The molecular formula is C32H31N3O3. The molecule has 1 fully saturated rings. The Morgan fingerprint density at radius 3 is 2.42 bits per heavy atom. The van der Waals surface area contributed by atoms with Crippen LogP contribution in [0.25, 0.3) is 32.9 Å². The van der Waals surface area contributed by atoms with Crippen molar-refractivity contribution in [3.8, 4) is 11.1 Å². The van der Waals surface area contributed by atoms with Crippen molar-refractivity contribution in [1.29, 1.82) is 0 Å². The van der Waals surface area contributed by atoms with E-state index in [2.05, 4.69) is 46.1 Å². The highest BCUT2D eigenvalue weighted by Gasteiger charge is 2.24. The third-order valence-electron chi connectivity index (χ3n) is 7.99. The molecule has 1 aliphatic carbocycles. The first-order valence-corrected chi connectivity index (χ1v) is 13.3. The first-order valence-electron chi connectivity index (χ1n) is 13.3. The minimum Gasteiger partial charge on any atom is -0.366 e. The highest BCUT2D eigenvalue weighted by atomic mass is 16.5. The van der Waals surface area contributed by atoms with E-state index in [-0.39, 0.29) is 5.92 Å². The zero-order valence-corrected chi connectivity index (χ0v) is 21.8. The van der Waals surface area contributed by atoms with Gasteiger partial charge in [-0.15, -0.1) is 0 Å². The third kappa shape index (κ3) is 4.20. The molecule has 0 atom stereocenters. The zero-order chi connectivity index (χ0) is 26.4. The first-order chi connectivity index (χ1) is 18.4.